The van der Waals surface area contributed by atoms with E-state index in [-0.39, 0.29) is 5.25 Å². The van der Waals surface area contributed by atoms with Crippen LogP contribution in [0, 0.1) is 0 Å². The third kappa shape index (κ3) is 3.68. The smallest absolute Gasteiger partial charge is 0.348 e. The van der Waals surface area contributed by atoms with Crippen molar-refractivity contribution in [2.75, 3.05) is 6.54 Å². The number of rotatable bonds is 4. The number of nitrogens with two attached hydrogens (primary N) is 1. The second kappa shape index (κ2) is 4.51. The van der Waals surface area contributed by atoms with Gasteiger partial charge >= 0.3 is 5.97 Å². The van der Waals surface area contributed by atoms with E-state index in [2.05, 4.69) is 0 Å². The lowest BCUT2D eigenvalue weighted by atomic mass is 10.5. The Morgan fingerprint density at radius 1 is 1.90 bits per heavy atom. The highest BCUT2D eigenvalue weighted by Crippen LogP contribution is 2.17. The van der Waals surface area contributed by atoms with E-state index >= 15 is 0 Å². The summed E-state index contributed by atoms with van der Waals surface area (Å²) >= 11 is 0.716. The Balaban J connectivity index is 3.56. The van der Waals surface area contributed by atoms with Crippen molar-refractivity contribution in [2.24, 2.45) is 5.73 Å². The fourth-order valence-corrected chi connectivity index (χ4v) is 0.953. The molecule has 0 saturated heterocycles. The fraction of sp³-hybridized carbons (Fsp3) is 0.800. The van der Waals surface area contributed by atoms with Gasteiger partial charge in [0, 0.05) is 11.8 Å². The van der Waals surface area contributed by atoms with Gasteiger partial charge in [-0.3, -0.25) is 0 Å². The van der Waals surface area contributed by atoms with Crippen LogP contribution >= 0.6 is 11.8 Å². The Bertz CT molecular complexity index is 122. The largest absolute Gasteiger partial charge is 0.478 e. The lowest BCUT2D eigenvalue weighted by molar-refractivity contribution is -0.139. The van der Waals surface area contributed by atoms with Crippen molar-refractivity contribution < 1.29 is 14.3 Å². The first-order valence-electron chi connectivity index (χ1n) is 2.80. The molecule has 3 N–H and O–H groups in total. The average molecular weight is 167 g/mol. The molecule has 0 aromatic rings. The summed E-state index contributed by atoms with van der Waals surface area (Å²) in [5, 5.41) is 7.94. The van der Waals surface area contributed by atoms with Crippen molar-refractivity contribution in [3.8, 4) is 0 Å². The first-order valence-corrected chi connectivity index (χ1v) is 3.74. The minimum absolute atomic E-state index is 0.147. The maximum Gasteiger partial charge on any atom is 0.348 e. The molecule has 3 nitrogen and oxygen atoms in total. The summed E-state index contributed by atoms with van der Waals surface area (Å²) in [6, 6.07) is 0. The molecule has 0 aliphatic rings. The molecule has 0 aliphatic heterocycles. The number of hydrogen-bond acceptors (Lipinski definition) is 3. The summed E-state index contributed by atoms with van der Waals surface area (Å²) in [4.78, 5) is 9.91. The van der Waals surface area contributed by atoms with E-state index in [0.717, 1.165) is 0 Å². The van der Waals surface area contributed by atoms with Crippen LogP contribution in [0.4, 0.5) is 4.39 Å². The number of halogens is 1. The van der Waals surface area contributed by atoms with Crippen LogP contribution in [0.1, 0.15) is 6.92 Å². The summed E-state index contributed by atoms with van der Waals surface area (Å²) in [5.74, 6) is -1.44. The summed E-state index contributed by atoms with van der Waals surface area (Å²) in [6.45, 7) is 1.97. The molecule has 0 radical (unpaired) electrons. The lowest BCUT2D eigenvalue weighted by Crippen LogP contribution is -2.19. The van der Waals surface area contributed by atoms with E-state index < -0.39 is 11.5 Å². The van der Waals surface area contributed by atoms with Gasteiger partial charge in [0.15, 0.2) is 0 Å². The molecule has 0 aliphatic carbocycles. The molecule has 60 valence electrons. The maximum absolute atomic E-state index is 12.3. The minimum Gasteiger partial charge on any atom is -0.478 e. The highest BCUT2D eigenvalue weighted by molar-refractivity contribution is 8.01. The van der Waals surface area contributed by atoms with Crippen LogP contribution in [0.3, 0.4) is 0 Å². The molecule has 5 heteroatoms. The van der Waals surface area contributed by atoms with Gasteiger partial charge in [0.25, 0.3) is 0 Å². The van der Waals surface area contributed by atoms with Gasteiger partial charge in [0.1, 0.15) is 0 Å². The normalized spacial score (nSPS) is 16.3. The van der Waals surface area contributed by atoms with Crippen molar-refractivity contribution in [2.45, 2.75) is 17.7 Å². The lowest BCUT2D eigenvalue weighted by Gasteiger charge is -2.07. The maximum atomic E-state index is 12.3. The van der Waals surface area contributed by atoms with E-state index in [9.17, 15) is 9.18 Å². The Labute approximate surface area is 62.8 Å². The zero-order valence-corrected chi connectivity index (χ0v) is 6.40. The van der Waals surface area contributed by atoms with Crippen LogP contribution in [-0.4, -0.2) is 28.4 Å². The topological polar surface area (TPSA) is 63.3 Å². The van der Waals surface area contributed by atoms with Crippen molar-refractivity contribution >= 4 is 17.7 Å². The highest BCUT2D eigenvalue weighted by atomic mass is 32.2. The number of alkyl halides is 1. The molecule has 0 saturated carbocycles. The Hall–Kier alpha value is -0.290. The van der Waals surface area contributed by atoms with Gasteiger partial charge in [-0.15, -0.1) is 11.8 Å². The number of aliphatic carboxylic acids is 1. The minimum atomic E-state index is -1.85. The van der Waals surface area contributed by atoms with E-state index in [1.807, 2.05) is 0 Å². The second-order valence-corrected chi connectivity index (χ2v) is 3.33. The van der Waals surface area contributed by atoms with Gasteiger partial charge in [0.2, 0.25) is 5.50 Å². The predicted molar refractivity (Wildman–Crippen MR) is 38.6 cm³/mol. The predicted octanol–water partition coefficient (Wildman–Crippen LogP) is 0.447. The van der Waals surface area contributed by atoms with Crippen molar-refractivity contribution in [3.63, 3.8) is 0 Å². The van der Waals surface area contributed by atoms with Crippen molar-refractivity contribution in [1.82, 2.24) is 0 Å². The quantitative estimate of drug-likeness (QED) is 0.638. The standard InChI is InChI=1S/C5H10FNO2S/c1-3(2-7)10-4(6)5(8)9/h3-4H,2,7H2,1H3,(H,8,9). The molecular formula is C5H10FNO2S. The van der Waals surface area contributed by atoms with Crippen LogP contribution in [-0.2, 0) is 4.79 Å². The zero-order chi connectivity index (χ0) is 8.15. The SMILES string of the molecule is CC(CN)SC(F)C(=O)O. The van der Waals surface area contributed by atoms with Gasteiger partial charge in [-0.05, 0) is 0 Å². The molecule has 0 heterocycles. The Morgan fingerprint density at radius 3 is 2.70 bits per heavy atom. The van der Waals surface area contributed by atoms with E-state index in [1.54, 1.807) is 6.92 Å². The number of hydrogen-bond donors (Lipinski definition) is 2. The van der Waals surface area contributed by atoms with Gasteiger partial charge in [-0.2, -0.15) is 0 Å². The molecule has 0 rings (SSSR count). The first kappa shape index (κ1) is 9.71. The van der Waals surface area contributed by atoms with Crippen LogP contribution in [0.2, 0.25) is 0 Å². The molecule has 0 bridgehead atoms. The Kier molecular flexibility index (Phi) is 4.38. The molecule has 0 amide bonds. The molecule has 0 aromatic heterocycles. The number of thioether (sulfide) groups is 1. The summed E-state index contributed by atoms with van der Waals surface area (Å²) < 4.78 is 12.3. The summed E-state index contributed by atoms with van der Waals surface area (Å²) in [5.41, 5.74) is 3.29. The molecule has 2 atom stereocenters. The number of carboxylic acids is 1. The molecular weight excluding hydrogens is 157 g/mol. The zero-order valence-electron chi connectivity index (χ0n) is 5.58. The van der Waals surface area contributed by atoms with Crippen LogP contribution in [0.15, 0.2) is 0 Å². The molecule has 2 unspecified atom stereocenters. The Morgan fingerprint density at radius 2 is 2.40 bits per heavy atom. The van der Waals surface area contributed by atoms with Crippen molar-refractivity contribution in [3.05, 3.63) is 0 Å². The first-order chi connectivity index (χ1) is 4.57. The molecule has 0 spiro atoms. The second-order valence-electron chi connectivity index (χ2n) is 1.84. The molecule has 0 fully saturated rings. The van der Waals surface area contributed by atoms with E-state index in [4.69, 9.17) is 10.8 Å². The highest BCUT2D eigenvalue weighted by Gasteiger charge is 2.18. The summed E-state index contributed by atoms with van der Waals surface area (Å²) in [6.07, 6.45) is 0. The molecule has 10 heavy (non-hydrogen) atoms. The van der Waals surface area contributed by atoms with Crippen molar-refractivity contribution in [1.29, 1.82) is 0 Å². The number of carboxylic acid groups (broad SMARTS) is 1. The summed E-state index contributed by atoms with van der Waals surface area (Å²) in [7, 11) is 0. The third-order valence-electron chi connectivity index (χ3n) is 0.878. The van der Waals surface area contributed by atoms with Gasteiger partial charge in [-0.1, -0.05) is 6.92 Å². The van der Waals surface area contributed by atoms with Gasteiger partial charge in [0.05, 0.1) is 0 Å². The third-order valence-corrected chi connectivity index (χ3v) is 1.98. The van der Waals surface area contributed by atoms with Gasteiger partial charge < -0.3 is 10.8 Å². The number of carbonyl (C=O) groups is 1. The average Bonchev–Trinajstić information content (AvgIpc) is 1.87. The van der Waals surface area contributed by atoms with Crippen LogP contribution in [0.5, 0.6) is 0 Å². The monoisotopic (exact) mass is 167 g/mol. The fourth-order valence-electron chi connectivity index (χ4n) is 0.318. The molecule has 0 aromatic carbocycles. The van der Waals surface area contributed by atoms with Gasteiger partial charge in [-0.25, -0.2) is 9.18 Å². The van der Waals surface area contributed by atoms with Crippen LogP contribution < -0.4 is 5.73 Å². The van der Waals surface area contributed by atoms with E-state index in [1.165, 1.54) is 0 Å². The van der Waals surface area contributed by atoms with Crippen LogP contribution in [0.25, 0.3) is 0 Å². The van der Waals surface area contributed by atoms with E-state index in [0.29, 0.717) is 18.3 Å².